The van der Waals surface area contributed by atoms with Crippen LogP contribution in [0.15, 0.2) is 48.5 Å². The molecule has 2 N–H and O–H groups in total. The fourth-order valence-electron chi connectivity index (χ4n) is 4.44. The second-order valence-corrected chi connectivity index (χ2v) is 9.20. The number of hydrogen-bond acceptors (Lipinski definition) is 5. The van der Waals surface area contributed by atoms with E-state index in [0.29, 0.717) is 12.3 Å². The molecule has 2 amide bonds. The molecule has 4 rings (SSSR count). The lowest BCUT2D eigenvalue weighted by Gasteiger charge is -2.36. The van der Waals surface area contributed by atoms with Crippen molar-refractivity contribution in [3.8, 4) is 11.1 Å². The highest BCUT2D eigenvalue weighted by atomic mass is 32.2. The normalized spacial score (nSPS) is 18.4. The minimum atomic E-state index is -0.938. The van der Waals surface area contributed by atoms with Crippen LogP contribution in [-0.4, -0.2) is 64.7 Å². The first-order valence-electron chi connectivity index (χ1n) is 10.7. The number of carboxylic acids is 1. The van der Waals surface area contributed by atoms with Crippen molar-refractivity contribution in [2.24, 2.45) is 0 Å². The molecular formula is C24H26N2O5S. The van der Waals surface area contributed by atoms with E-state index in [1.165, 1.54) is 0 Å². The summed E-state index contributed by atoms with van der Waals surface area (Å²) in [5.41, 5.74) is 4.53. The minimum absolute atomic E-state index is 0.0572. The molecule has 8 heteroatoms. The lowest BCUT2D eigenvalue weighted by atomic mass is 9.98. The van der Waals surface area contributed by atoms with Crippen molar-refractivity contribution >= 4 is 29.7 Å². The van der Waals surface area contributed by atoms with Crippen LogP contribution in [0.2, 0.25) is 0 Å². The molecule has 0 saturated carbocycles. The molecule has 1 unspecified atom stereocenters. The second-order valence-electron chi connectivity index (χ2n) is 8.05. The zero-order valence-corrected chi connectivity index (χ0v) is 18.6. The Hall–Kier alpha value is -3.00. The Bertz CT molecular complexity index is 981. The van der Waals surface area contributed by atoms with E-state index in [2.05, 4.69) is 17.4 Å². The van der Waals surface area contributed by atoms with Gasteiger partial charge in [0.25, 0.3) is 0 Å². The molecule has 1 saturated heterocycles. The van der Waals surface area contributed by atoms with Crippen LogP contribution in [0.4, 0.5) is 4.79 Å². The number of ether oxygens (including phenoxy) is 1. The van der Waals surface area contributed by atoms with Crippen LogP contribution in [0, 0.1) is 0 Å². The van der Waals surface area contributed by atoms with E-state index in [-0.39, 0.29) is 30.9 Å². The Kier molecular flexibility index (Phi) is 6.69. The van der Waals surface area contributed by atoms with Gasteiger partial charge in [0.2, 0.25) is 5.91 Å². The minimum Gasteiger partial charge on any atom is -0.481 e. The van der Waals surface area contributed by atoms with Gasteiger partial charge in [-0.2, -0.15) is 11.8 Å². The Morgan fingerprint density at radius 3 is 2.38 bits per heavy atom. The van der Waals surface area contributed by atoms with E-state index < -0.39 is 18.1 Å². The summed E-state index contributed by atoms with van der Waals surface area (Å²) in [6.45, 7) is 2.24. The first-order chi connectivity index (χ1) is 15.5. The molecule has 2 aliphatic rings. The van der Waals surface area contributed by atoms with E-state index in [1.54, 1.807) is 23.6 Å². The van der Waals surface area contributed by atoms with E-state index in [9.17, 15) is 14.4 Å². The van der Waals surface area contributed by atoms with Gasteiger partial charge < -0.3 is 20.1 Å². The highest BCUT2D eigenvalue weighted by Crippen LogP contribution is 2.44. The Morgan fingerprint density at radius 2 is 1.75 bits per heavy atom. The van der Waals surface area contributed by atoms with Crippen molar-refractivity contribution in [2.75, 3.05) is 24.7 Å². The Balaban J connectivity index is 1.37. The number of nitrogens with zero attached hydrogens (tertiary/aromatic N) is 1. The number of hydrogen-bond donors (Lipinski definition) is 2. The number of thioether (sulfide) groups is 1. The van der Waals surface area contributed by atoms with Gasteiger partial charge in [-0.3, -0.25) is 9.59 Å². The van der Waals surface area contributed by atoms with Crippen LogP contribution in [0.1, 0.15) is 30.4 Å². The van der Waals surface area contributed by atoms with Crippen molar-refractivity contribution < 1.29 is 24.2 Å². The largest absolute Gasteiger partial charge is 0.481 e. The maximum absolute atomic E-state index is 12.9. The number of carbonyl (C=O) groups excluding carboxylic acids is 2. The predicted octanol–water partition coefficient (Wildman–Crippen LogP) is 3.33. The van der Waals surface area contributed by atoms with Crippen LogP contribution in [-0.2, 0) is 14.3 Å². The van der Waals surface area contributed by atoms with Crippen LogP contribution in [0.5, 0.6) is 0 Å². The third kappa shape index (κ3) is 4.60. The number of benzene rings is 2. The van der Waals surface area contributed by atoms with Crippen LogP contribution >= 0.6 is 11.8 Å². The van der Waals surface area contributed by atoms with Crippen molar-refractivity contribution in [1.29, 1.82) is 0 Å². The van der Waals surface area contributed by atoms with Crippen molar-refractivity contribution in [2.45, 2.75) is 31.3 Å². The van der Waals surface area contributed by atoms with Gasteiger partial charge in [-0.1, -0.05) is 48.5 Å². The highest BCUT2D eigenvalue weighted by Gasteiger charge is 2.33. The number of carboxylic acid groups (broad SMARTS) is 1. The first kappa shape index (κ1) is 22.2. The monoisotopic (exact) mass is 454 g/mol. The molecule has 0 radical (unpaired) electrons. The summed E-state index contributed by atoms with van der Waals surface area (Å²) in [5, 5.41) is 11.7. The number of fused-ring (bicyclic) bond motifs is 3. The van der Waals surface area contributed by atoms with E-state index in [0.717, 1.165) is 28.0 Å². The Morgan fingerprint density at radius 1 is 1.12 bits per heavy atom. The summed E-state index contributed by atoms with van der Waals surface area (Å²) in [4.78, 5) is 38.0. The zero-order valence-electron chi connectivity index (χ0n) is 17.8. The number of nitrogens with one attached hydrogen (secondary N) is 1. The third-order valence-corrected chi connectivity index (χ3v) is 7.06. The van der Waals surface area contributed by atoms with Crippen molar-refractivity contribution in [3.05, 3.63) is 59.7 Å². The maximum atomic E-state index is 12.9. The Labute approximate surface area is 191 Å². The molecule has 1 fully saturated rings. The average Bonchev–Trinajstić information content (AvgIpc) is 3.11. The van der Waals surface area contributed by atoms with Crippen LogP contribution in [0.3, 0.4) is 0 Å². The molecular weight excluding hydrogens is 428 g/mol. The smallest absolute Gasteiger partial charge is 0.407 e. The zero-order chi connectivity index (χ0) is 22.7. The fraction of sp³-hybridized carbons (Fsp3) is 0.375. The highest BCUT2D eigenvalue weighted by molar-refractivity contribution is 7.99. The van der Waals surface area contributed by atoms with Gasteiger partial charge in [0.1, 0.15) is 12.6 Å². The van der Waals surface area contributed by atoms with Gasteiger partial charge in [0.15, 0.2) is 0 Å². The number of carbonyl (C=O) groups is 3. The number of aliphatic carboxylic acids is 1. The summed E-state index contributed by atoms with van der Waals surface area (Å²) < 4.78 is 5.52. The number of rotatable bonds is 6. The number of alkyl carbamates (subject to hydrolysis) is 1. The lowest BCUT2D eigenvalue weighted by molar-refractivity contribution is -0.141. The molecule has 1 aliphatic carbocycles. The van der Waals surface area contributed by atoms with Gasteiger partial charge in [-0.25, -0.2) is 4.79 Å². The number of amides is 2. The van der Waals surface area contributed by atoms with E-state index >= 15 is 0 Å². The topological polar surface area (TPSA) is 95.9 Å². The summed E-state index contributed by atoms with van der Waals surface area (Å²) in [6.07, 6.45) is -0.759. The standard InChI is InChI=1S/C24H26N2O5S/c1-15(23(29)26-10-11-32-14-16(26)12-22(27)28)25-24(30)31-13-21-19-8-4-2-6-17(19)18-7-3-5-9-20(18)21/h2-9,15-16,21H,10-14H2,1H3,(H,25,30)(H,27,28)/t15-,16?/m0/s1. The molecule has 32 heavy (non-hydrogen) atoms. The predicted molar refractivity (Wildman–Crippen MR) is 123 cm³/mol. The summed E-state index contributed by atoms with van der Waals surface area (Å²) >= 11 is 1.63. The molecule has 0 aromatic heterocycles. The summed E-state index contributed by atoms with van der Waals surface area (Å²) in [5.74, 6) is 0.0469. The molecule has 2 aromatic rings. The maximum Gasteiger partial charge on any atom is 0.407 e. The molecule has 2 atom stereocenters. The molecule has 0 spiro atoms. The van der Waals surface area contributed by atoms with Gasteiger partial charge in [0.05, 0.1) is 12.5 Å². The lowest BCUT2D eigenvalue weighted by Crippen LogP contribution is -2.54. The molecule has 0 bridgehead atoms. The van der Waals surface area contributed by atoms with Gasteiger partial charge in [0, 0.05) is 24.0 Å². The second kappa shape index (κ2) is 9.65. The van der Waals surface area contributed by atoms with Gasteiger partial charge in [-0.15, -0.1) is 0 Å². The van der Waals surface area contributed by atoms with Crippen molar-refractivity contribution in [1.82, 2.24) is 10.2 Å². The van der Waals surface area contributed by atoms with Gasteiger partial charge in [-0.05, 0) is 29.2 Å². The molecule has 1 heterocycles. The fourth-order valence-corrected chi connectivity index (χ4v) is 5.51. The quantitative estimate of drug-likeness (QED) is 0.695. The summed E-state index contributed by atoms with van der Waals surface area (Å²) in [7, 11) is 0. The van der Waals surface area contributed by atoms with Crippen LogP contribution in [0.25, 0.3) is 11.1 Å². The molecule has 168 valence electrons. The molecule has 2 aromatic carbocycles. The van der Waals surface area contributed by atoms with Gasteiger partial charge >= 0.3 is 12.1 Å². The van der Waals surface area contributed by atoms with E-state index in [1.807, 2.05) is 36.4 Å². The summed E-state index contributed by atoms with van der Waals surface area (Å²) in [6, 6.07) is 15.0. The average molecular weight is 455 g/mol. The van der Waals surface area contributed by atoms with E-state index in [4.69, 9.17) is 9.84 Å². The molecule has 7 nitrogen and oxygen atoms in total. The third-order valence-electron chi connectivity index (χ3n) is 5.97. The van der Waals surface area contributed by atoms with Crippen molar-refractivity contribution in [3.63, 3.8) is 0 Å². The first-order valence-corrected chi connectivity index (χ1v) is 11.8. The molecule has 1 aliphatic heterocycles. The van der Waals surface area contributed by atoms with Crippen LogP contribution < -0.4 is 5.32 Å². The SMILES string of the molecule is C[C@H](NC(=O)OCC1c2ccccc2-c2ccccc21)C(=O)N1CCSCC1CC(=O)O.